The summed E-state index contributed by atoms with van der Waals surface area (Å²) in [4.78, 5) is 39.4. The number of sulfonamides is 1. The van der Waals surface area contributed by atoms with Crippen LogP contribution in [0.5, 0.6) is 23.0 Å². The highest BCUT2D eigenvalue weighted by Crippen LogP contribution is 2.45. The first-order valence-electron chi connectivity index (χ1n) is 21.0. The summed E-state index contributed by atoms with van der Waals surface area (Å²) in [6.07, 6.45) is -1.18. The molecule has 0 heterocycles. The molecule has 0 fully saturated rings. The van der Waals surface area contributed by atoms with Gasteiger partial charge in [-0.15, -0.1) is 0 Å². The fourth-order valence-electron chi connectivity index (χ4n) is 7.91. The summed E-state index contributed by atoms with van der Waals surface area (Å²) < 4.78 is 89.7. The first kappa shape index (κ1) is 48.7. The Hall–Kier alpha value is -6.72. The van der Waals surface area contributed by atoms with E-state index in [2.05, 4.69) is 10.6 Å². The number of benzene rings is 5. The Morgan fingerprint density at radius 1 is 0.712 bits per heavy atom. The van der Waals surface area contributed by atoms with Crippen molar-refractivity contribution in [1.29, 1.82) is 0 Å². The van der Waals surface area contributed by atoms with Crippen LogP contribution < -0.4 is 29.6 Å². The molecule has 1 aliphatic rings. The lowest BCUT2D eigenvalue weighted by atomic mass is 9.98. The maximum atomic E-state index is 16.7. The van der Waals surface area contributed by atoms with Crippen molar-refractivity contribution in [2.24, 2.45) is 5.92 Å². The van der Waals surface area contributed by atoms with Crippen LogP contribution in [0, 0.1) is 5.92 Å². The van der Waals surface area contributed by atoms with Crippen molar-refractivity contribution in [3.05, 3.63) is 143 Å². The maximum absolute atomic E-state index is 16.7. The first-order chi connectivity index (χ1) is 31.5. The number of nitrogens with zero attached hydrogens (tertiary/aromatic N) is 1. The van der Waals surface area contributed by atoms with E-state index in [0.717, 1.165) is 34.4 Å². The van der Waals surface area contributed by atoms with Gasteiger partial charge >= 0.3 is 17.3 Å². The number of amides is 2. The molecule has 350 valence electrons. The number of carbonyl (C=O) groups is 3. The molecule has 0 aromatic heterocycles. The van der Waals surface area contributed by atoms with Crippen molar-refractivity contribution in [2.45, 2.75) is 63.0 Å². The topological polar surface area (TPSA) is 179 Å². The standard InChI is InChI=1S/C49H53F2N3O11S/c1-30(2)23-43(47(56)57)52-46(55)42(53-48(58)65-29-41-39-13-9-7-11-37(39)38-12-8-10-14-40(38)41)24-31-15-19-34(20-16-31)49(50,51)66(59,60)54(27-32-17-21-35(61-3)25-44(32)63-5)28-33-18-22-36(62-4)26-45(33)64-6/h7-22,25-26,30,41-43H,23-24,27-29H2,1-6H3,(H,52,55)(H,53,58)(H,56,57)/t42-,43-/m0/s1. The Labute approximate surface area is 382 Å². The molecule has 0 radical (unpaired) electrons. The number of rotatable bonds is 21. The van der Waals surface area contributed by atoms with Crippen LogP contribution >= 0.6 is 0 Å². The summed E-state index contributed by atoms with van der Waals surface area (Å²) in [7, 11) is 0.0436. The van der Waals surface area contributed by atoms with E-state index in [4.69, 9.17) is 23.7 Å². The number of alkyl carbamates (subject to hydrolysis) is 1. The molecule has 0 spiro atoms. The van der Waals surface area contributed by atoms with Crippen LogP contribution in [0.25, 0.3) is 11.1 Å². The lowest BCUT2D eigenvalue weighted by Crippen LogP contribution is -2.53. The van der Waals surface area contributed by atoms with Gasteiger partial charge in [-0.3, -0.25) is 4.79 Å². The summed E-state index contributed by atoms with van der Waals surface area (Å²) in [5, 5.41) is 10.4. The van der Waals surface area contributed by atoms with Gasteiger partial charge in [0, 0.05) is 54.3 Å². The molecule has 66 heavy (non-hydrogen) atoms. The number of carboxylic acids is 1. The summed E-state index contributed by atoms with van der Waals surface area (Å²) in [6.45, 7) is 2.43. The highest BCUT2D eigenvalue weighted by molar-refractivity contribution is 7.89. The third-order valence-electron chi connectivity index (χ3n) is 11.3. The average molecular weight is 930 g/mol. The predicted molar refractivity (Wildman–Crippen MR) is 242 cm³/mol. The zero-order chi connectivity index (χ0) is 47.8. The van der Waals surface area contributed by atoms with Crippen molar-refractivity contribution in [3.8, 4) is 34.1 Å². The van der Waals surface area contributed by atoms with Crippen LogP contribution in [0.4, 0.5) is 13.6 Å². The molecule has 0 aliphatic heterocycles. The smallest absolute Gasteiger partial charge is 0.407 e. The predicted octanol–water partition coefficient (Wildman–Crippen LogP) is 7.87. The van der Waals surface area contributed by atoms with Crippen LogP contribution in [-0.4, -0.2) is 82.9 Å². The quantitative estimate of drug-likeness (QED) is 0.0652. The van der Waals surface area contributed by atoms with Gasteiger partial charge in [0.05, 0.1) is 28.4 Å². The number of alkyl halides is 2. The van der Waals surface area contributed by atoms with E-state index in [1.807, 2.05) is 48.5 Å². The van der Waals surface area contributed by atoms with E-state index in [9.17, 15) is 27.9 Å². The molecule has 5 aromatic rings. The Morgan fingerprint density at radius 3 is 1.70 bits per heavy atom. The Morgan fingerprint density at radius 2 is 1.23 bits per heavy atom. The molecule has 17 heteroatoms. The number of hydrogen-bond donors (Lipinski definition) is 3. The van der Waals surface area contributed by atoms with Gasteiger partial charge in [-0.2, -0.15) is 13.1 Å². The van der Waals surface area contributed by atoms with Gasteiger partial charge < -0.3 is 39.4 Å². The molecule has 3 N–H and O–H groups in total. The minimum Gasteiger partial charge on any atom is -0.497 e. The zero-order valence-electron chi connectivity index (χ0n) is 37.4. The fourth-order valence-corrected chi connectivity index (χ4v) is 9.29. The van der Waals surface area contributed by atoms with Crippen molar-refractivity contribution in [3.63, 3.8) is 0 Å². The molecule has 1 aliphatic carbocycles. The Kier molecular flexibility index (Phi) is 15.6. The third kappa shape index (κ3) is 10.9. The second kappa shape index (κ2) is 21.1. The maximum Gasteiger partial charge on any atom is 0.407 e. The third-order valence-corrected chi connectivity index (χ3v) is 13.2. The SMILES string of the molecule is COc1ccc(CN(Cc2ccc(OC)cc2OC)S(=O)(=O)C(F)(F)c2ccc(C[C@H](NC(=O)OCC3c4ccccc4-c4ccccc43)C(=O)N[C@@H](CC(C)C)C(=O)O)cc2)c(OC)c1. The van der Waals surface area contributed by atoms with Gasteiger partial charge in [0.2, 0.25) is 5.91 Å². The van der Waals surface area contributed by atoms with Crippen LogP contribution in [-0.2, 0) is 49.1 Å². The largest absolute Gasteiger partial charge is 0.497 e. The molecule has 2 atom stereocenters. The first-order valence-corrected chi connectivity index (χ1v) is 22.5. The van der Waals surface area contributed by atoms with Gasteiger partial charge in [-0.1, -0.05) is 98.8 Å². The van der Waals surface area contributed by atoms with Crippen molar-refractivity contribution >= 4 is 28.0 Å². The minimum absolute atomic E-state index is 0.0783. The lowest BCUT2D eigenvalue weighted by Gasteiger charge is -2.29. The number of aliphatic carboxylic acids is 1. The van der Waals surface area contributed by atoms with E-state index in [0.29, 0.717) is 15.8 Å². The summed E-state index contributed by atoms with van der Waals surface area (Å²) >= 11 is 0. The summed E-state index contributed by atoms with van der Waals surface area (Å²) in [6, 6.07) is 26.2. The molecule has 0 saturated carbocycles. The van der Waals surface area contributed by atoms with Crippen LogP contribution in [0.15, 0.2) is 109 Å². The molecule has 14 nitrogen and oxygen atoms in total. The van der Waals surface area contributed by atoms with Gasteiger partial charge in [0.15, 0.2) is 0 Å². The highest BCUT2D eigenvalue weighted by atomic mass is 32.2. The van der Waals surface area contributed by atoms with Crippen molar-refractivity contribution < 1.29 is 60.4 Å². The number of halogens is 2. The number of fused-ring (bicyclic) bond motifs is 3. The number of carboxylic acid groups (broad SMARTS) is 1. The van der Waals surface area contributed by atoms with E-state index in [1.165, 1.54) is 64.8 Å². The number of nitrogens with one attached hydrogen (secondary N) is 2. The molecule has 0 unspecified atom stereocenters. The number of methoxy groups -OCH3 is 4. The van der Waals surface area contributed by atoms with Crippen LogP contribution in [0.3, 0.4) is 0 Å². The number of carbonyl (C=O) groups excluding carboxylic acids is 2. The van der Waals surface area contributed by atoms with Gasteiger partial charge in [0.1, 0.15) is 41.7 Å². The van der Waals surface area contributed by atoms with Gasteiger partial charge in [0.25, 0.3) is 10.0 Å². The van der Waals surface area contributed by atoms with Crippen molar-refractivity contribution in [2.75, 3.05) is 35.0 Å². The normalized spacial score (nSPS) is 13.3. The van der Waals surface area contributed by atoms with E-state index in [-0.39, 0.29) is 59.5 Å². The minimum atomic E-state index is -5.55. The van der Waals surface area contributed by atoms with E-state index in [1.54, 1.807) is 26.0 Å². The molecule has 6 rings (SSSR count). The van der Waals surface area contributed by atoms with Gasteiger partial charge in [-0.25, -0.2) is 18.0 Å². The van der Waals surface area contributed by atoms with Gasteiger partial charge in [-0.05, 0) is 52.3 Å². The van der Waals surface area contributed by atoms with Crippen LogP contribution in [0.2, 0.25) is 0 Å². The zero-order valence-corrected chi connectivity index (χ0v) is 38.2. The summed E-state index contributed by atoms with van der Waals surface area (Å²) in [5.74, 6) is -1.34. The monoisotopic (exact) mass is 929 g/mol. The number of hydrogen-bond acceptors (Lipinski definition) is 10. The molecular weight excluding hydrogens is 877 g/mol. The fraction of sp³-hybridized carbons (Fsp3) is 0.327. The Balaban J connectivity index is 1.26. The highest BCUT2D eigenvalue weighted by Gasteiger charge is 2.51. The van der Waals surface area contributed by atoms with E-state index < -0.39 is 64.0 Å². The Bertz CT molecular complexity index is 2540. The second-order valence-corrected chi connectivity index (χ2v) is 18.1. The average Bonchev–Trinajstić information content (AvgIpc) is 3.63. The van der Waals surface area contributed by atoms with E-state index >= 15 is 8.78 Å². The molecule has 0 saturated heterocycles. The van der Waals surface area contributed by atoms with Crippen molar-refractivity contribution in [1.82, 2.24) is 14.9 Å². The van der Waals surface area contributed by atoms with Crippen LogP contribution in [0.1, 0.15) is 59.6 Å². The lowest BCUT2D eigenvalue weighted by molar-refractivity contribution is -0.142. The molecule has 2 amide bonds. The summed E-state index contributed by atoms with van der Waals surface area (Å²) in [5.41, 5.74) is 3.84. The molecule has 0 bridgehead atoms. The second-order valence-electron chi connectivity index (χ2n) is 16.1. The molecular formula is C49H53F2N3O11S. The number of ether oxygens (including phenoxy) is 5. The molecule has 5 aromatic carbocycles.